The number of para-hydroxylation sites is 1. The third kappa shape index (κ3) is 3.93. The largest absolute Gasteiger partial charge is 0.308 e. The third-order valence-electron chi connectivity index (χ3n) is 5.18. The standard InChI is InChI=1S/C23H21FN2O3S/c1-16-8-9-18(23(27)26-14-4-6-17-5-2-3-7-21(17)26)15-22(16)30(28,29)25-20-12-10-19(24)11-13-20/h2-3,5,7-13,15,25H,4,6,14H2,1H3. The van der Waals surface area contributed by atoms with Crippen LogP contribution in [0.1, 0.15) is 27.9 Å². The van der Waals surface area contributed by atoms with E-state index in [-0.39, 0.29) is 16.5 Å². The molecule has 0 bridgehead atoms. The van der Waals surface area contributed by atoms with Crippen LogP contribution in [-0.2, 0) is 16.4 Å². The smallest absolute Gasteiger partial charge is 0.262 e. The molecule has 0 saturated heterocycles. The number of nitrogens with zero attached hydrogens (tertiary/aromatic N) is 1. The van der Waals surface area contributed by atoms with Crippen LogP contribution in [0, 0.1) is 12.7 Å². The van der Waals surface area contributed by atoms with Gasteiger partial charge in [-0.25, -0.2) is 12.8 Å². The molecule has 1 amide bonds. The van der Waals surface area contributed by atoms with E-state index in [4.69, 9.17) is 0 Å². The second-order valence-electron chi connectivity index (χ2n) is 7.28. The first-order chi connectivity index (χ1) is 14.3. The average Bonchev–Trinajstić information content (AvgIpc) is 2.74. The summed E-state index contributed by atoms with van der Waals surface area (Å²) in [4.78, 5) is 14.9. The quantitative estimate of drug-likeness (QED) is 0.669. The number of amides is 1. The maximum Gasteiger partial charge on any atom is 0.262 e. The van der Waals surface area contributed by atoms with Crippen molar-refractivity contribution in [3.05, 3.63) is 89.2 Å². The van der Waals surface area contributed by atoms with Gasteiger partial charge in [-0.05, 0) is 73.4 Å². The van der Waals surface area contributed by atoms with Gasteiger partial charge in [-0.3, -0.25) is 9.52 Å². The van der Waals surface area contributed by atoms with E-state index in [1.807, 2.05) is 24.3 Å². The van der Waals surface area contributed by atoms with Crippen molar-refractivity contribution in [3.63, 3.8) is 0 Å². The number of aryl methyl sites for hydroxylation is 2. The Kier molecular flexibility index (Phi) is 5.30. The van der Waals surface area contributed by atoms with Gasteiger partial charge in [-0.15, -0.1) is 0 Å². The predicted octanol–water partition coefficient (Wildman–Crippen LogP) is 4.53. The summed E-state index contributed by atoms with van der Waals surface area (Å²) in [5, 5.41) is 0. The Morgan fingerprint density at radius 3 is 2.53 bits per heavy atom. The van der Waals surface area contributed by atoms with Gasteiger partial charge in [0, 0.05) is 23.5 Å². The van der Waals surface area contributed by atoms with E-state index in [0.717, 1.165) is 24.1 Å². The molecule has 3 aromatic carbocycles. The maximum absolute atomic E-state index is 13.2. The first-order valence-electron chi connectivity index (χ1n) is 9.64. The molecule has 1 aliphatic rings. The minimum atomic E-state index is -3.95. The molecule has 0 radical (unpaired) electrons. The van der Waals surface area contributed by atoms with Gasteiger partial charge >= 0.3 is 0 Å². The zero-order valence-electron chi connectivity index (χ0n) is 16.4. The fraction of sp³-hybridized carbons (Fsp3) is 0.174. The van der Waals surface area contributed by atoms with Crippen LogP contribution in [0.15, 0.2) is 71.6 Å². The SMILES string of the molecule is Cc1ccc(C(=O)N2CCCc3ccccc32)cc1S(=O)(=O)Nc1ccc(F)cc1. The molecule has 3 aromatic rings. The average molecular weight is 424 g/mol. The molecule has 0 aromatic heterocycles. The topological polar surface area (TPSA) is 66.5 Å². The molecule has 0 atom stereocenters. The highest BCUT2D eigenvalue weighted by Crippen LogP contribution is 2.29. The number of benzene rings is 3. The zero-order chi connectivity index (χ0) is 21.3. The number of carbonyl (C=O) groups is 1. The number of halogens is 1. The number of sulfonamides is 1. The number of fused-ring (bicyclic) bond motifs is 1. The van der Waals surface area contributed by atoms with E-state index in [2.05, 4.69) is 4.72 Å². The normalized spacial score (nSPS) is 13.6. The molecule has 1 heterocycles. The molecule has 0 saturated carbocycles. The highest BCUT2D eigenvalue weighted by molar-refractivity contribution is 7.92. The predicted molar refractivity (Wildman–Crippen MR) is 115 cm³/mol. The minimum Gasteiger partial charge on any atom is -0.308 e. The van der Waals surface area contributed by atoms with Crippen molar-refractivity contribution in [3.8, 4) is 0 Å². The van der Waals surface area contributed by atoms with E-state index in [9.17, 15) is 17.6 Å². The molecule has 0 fully saturated rings. The van der Waals surface area contributed by atoms with Crippen LogP contribution in [0.2, 0.25) is 0 Å². The highest BCUT2D eigenvalue weighted by Gasteiger charge is 2.25. The van der Waals surface area contributed by atoms with Crippen molar-refractivity contribution in [2.24, 2.45) is 0 Å². The van der Waals surface area contributed by atoms with Gasteiger partial charge in [0.25, 0.3) is 15.9 Å². The Morgan fingerprint density at radius 2 is 1.77 bits per heavy atom. The number of hydrogen-bond donors (Lipinski definition) is 1. The first kappa shape index (κ1) is 20.1. The minimum absolute atomic E-state index is 0.0166. The van der Waals surface area contributed by atoms with Crippen LogP contribution in [0.5, 0.6) is 0 Å². The van der Waals surface area contributed by atoms with Gasteiger partial charge < -0.3 is 4.90 Å². The summed E-state index contributed by atoms with van der Waals surface area (Å²) in [7, 11) is -3.95. The van der Waals surface area contributed by atoms with Crippen LogP contribution in [0.25, 0.3) is 0 Å². The van der Waals surface area contributed by atoms with Crippen molar-refractivity contribution in [1.82, 2.24) is 0 Å². The van der Waals surface area contributed by atoms with Crippen molar-refractivity contribution in [1.29, 1.82) is 0 Å². The van der Waals surface area contributed by atoms with Crippen LogP contribution in [-0.4, -0.2) is 20.9 Å². The lowest BCUT2D eigenvalue weighted by atomic mass is 10.0. The lowest BCUT2D eigenvalue weighted by Gasteiger charge is -2.29. The number of anilines is 2. The second-order valence-corrected chi connectivity index (χ2v) is 8.93. The molecule has 1 N–H and O–H groups in total. The third-order valence-corrected chi connectivity index (χ3v) is 6.70. The van der Waals surface area contributed by atoms with Crippen LogP contribution in [0.4, 0.5) is 15.8 Å². The number of carbonyl (C=O) groups excluding carboxylic acids is 1. The lowest BCUT2D eigenvalue weighted by Crippen LogP contribution is -2.35. The molecule has 154 valence electrons. The number of rotatable bonds is 4. The molecule has 0 aliphatic carbocycles. The molecular weight excluding hydrogens is 403 g/mol. The van der Waals surface area contributed by atoms with Crippen molar-refractivity contribution < 1.29 is 17.6 Å². The van der Waals surface area contributed by atoms with Gasteiger partial charge in [0.05, 0.1) is 4.90 Å². The molecule has 5 nitrogen and oxygen atoms in total. The molecular formula is C23H21FN2O3S. The Bertz CT molecular complexity index is 1210. The maximum atomic E-state index is 13.2. The molecule has 4 rings (SSSR count). The Balaban J connectivity index is 1.67. The zero-order valence-corrected chi connectivity index (χ0v) is 17.2. The van der Waals surface area contributed by atoms with E-state index in [1.54, 1.807) is 24.0 Å². The van der Waals surface area contributed by atoms with Gasteiger partial charge in [-0.2, -0.15) is 0 Å². The Labute approximate surface area is 175 Å². The molecule has 0 unspecified atom stereocenters. The summed E-state index contributed by atoms with van der Waals surface area (Å²) >= 11 is 0. The van der Waals surface area contributed by atoms with Gasteiger partial charge in [-0.1, -0.05) is 24.3 Å². The van der Waals surface area contributed by atoms with Crippen molar-refractivity contribution >= 4 is 27.3 Å². The molecule has 0 spiro atoms. The number of nitrogens with one attached hydrogen (secondary N) is 1. The van der Waals surface area contributed by atoms with E-state index < -0.39 is 15.8 Å². The van der Waals surface area contributed by atoms with Crippen LogP contribution < -0.4 is 9.62 Å². The summed E-state index contributed by atoms with van der Waals surface area (Å²) in [6, 6.07) is 17.5. The fourth-order valence-corrected chi connectivity index (χ4v) is 4.98. The van der Waals surface area contributed by atoms with Crippen molar-refractivity contribution in [2.75, 3.05) is 16.2 Å². The van der Waals surface area contributed by atoms with E-state index >= 15 is 0 Å². The molecule has 1 aliphatic heterocycles. The summed E-state index contributed by atoms with van der Waals surface area (Å²) in [6.45, 7) is 2.25. The summed E-state index contributed by atoms with van der Waals surface area (Å²) in [5.74, 6) is -0.691. The Morgan fingerprint density at radius 1 is 1.03 bits per heavy atom. The summed E-state index contributed by atoms with van der Waals surface area (Å²) in [6.07, 6.45) is 1.76. The van der Waals surface area contributed by atoms with Crippen molar-refractivity contribution in [2.45, 2.75) is 24.7 Å². The molecule has 30 heavy (non-hydrogen) atoms. The summed E-state index contributed by atoms with van der Waals surface area (Å²) in [5.41, 5.74) is 3.03. The van der Waals surface area contributed by atoms with Crippen LogP contribution in [0.3, 0.4) is 0 Å². The molecule has 7 heteroatoms. The van der Waals surface area contributed by atoms with Crippen LogP contribution >= 0.6 is 0 Å². The number of hydrogen-bond acceptors (Lipinski definition) is 3. The summed E-state index contributed by atoms with van der Waals surface area (Å²) < 4.78 is 41.4. The Hall–Kier alpha value is -3.19. The fourth-order valence-electron chi connectivity index (χ4n) is 3.65. The first-order valence-corrected chi connectivity index (χ1v) is 11.1. The lowest BCUT2D eigenvalue weighted by molar-refractivity contribution is 0.0985. The van der Waals surface area contributed by atoms with E-state index in [0.29, 0.717) is 17.7 Å². The van der Waals surface area contributed by atoms with Gasteiger partial charge in [0.1, 0.15) is 5.82 Å². The highest BCUT2D eigenvalue weighted by atomic mass is 32.2. The van der Waals surface area contributed by atoms with Gasteiger partial charge in [0.2, 0.25) is 0 Å². The van der Waals surface area contributed by atoms with E-state index in [1.165, 1.54) is 30.3 Å². The monoisotopic (exact) mass is 424 g/mol. The second kappa shape index (κ2) is 7.91. The van der Waals surface area contributed by atoms with Gasteiger partial charge in [0.15, 0.2) is 0 Å².